The van der Waals surface area contributed by atoms with Gasteiger partial charge < -0.3 is 16.2 Å². The Morgan fingerprint density at radius 1 is 1.54 bits per heavy atom. The number of carbonyl (C=O) groups is 3. The number of aliphatic carboxylic acids is 1. The minimum atomic E-state index is -1.20. The minimum absolute atomic E-state index is 0.0856. The lowest BCUT2D eigenvalue weighted by Gasteiger charge is -2.49. The summed E-state index contributed by atoms with van der Waals surface area (Å²) in [7, 11) is 0. The zero-order valence-electron chi connectivity index (χ0n) is 15.2. The summed E-state index contributed by atoms with van der Waals surface area (Å²) >= 11 is 2.56. The molecule has 0 aliphatic carbocycles. The van der Waals surface area contributed by atoms with Gasteiger partial charge in [0.1, 0.15) is 28.5 Å². The lowest BCUT2D eigenvalue weighted by atomic mass is 10.0. The predicted molar refractivity (Wildman–Crippen MR) is 108 cm³/mol. The number of amides is 2. The van der Waals surface area contributed by atoms with Crippen molar-refractivity contribution in [3.8, 4) is 0 Å². The molecule has 9 nitrogen and oxygen atoms in total. The van der Waals surface area contributed by atoms with Crippen LogP contribution >= 0.6 is 23.1 Å². The molecule has 3 rings (SSSR count). The average molecular weight is 422 g/mol. The number of allylic oxidation sites excluding steroid dienone is 1. The molecule has 3 heterocycles. The van der Waals surface area contributed by atoms with Crippen molar-refractivity contribution < 1.29 is 19.5 Å². The van der Waals surface area contributed by atoms with Crippen LogP contribution in [0.2, 0.25) is 0 Å². The molecule has 1 fully saturated rings. The highest BCUT2D eigenvalue weighted by Crippen LogP contribution is 2.40. The number of nitrogens with two attached hydrogens (primary N) is 1. The molecule has 1 aromatic heterocycles. The Kier molecular flexibility index (Phi) is 5.57. The second-order valence-electron chi connectivity index (χ2n) is 6.39. The van der Waals surface area contributed by atoms with Crippen molar-refractivity contribution in [1.82, 2.24) is 15.2 Å². The Morgan fingerprint density at radius 2 is 2.25 bits per heavy atom. The first kappa shape index (κ1) is 20.1. The highest BCUT2D eigenvalue weighted by atomic mass is 32.2. The summed E-state index contributed by atoms with van der Waals surface area (Å²) in [6.45, 7) is 7.24. The van der Waals surface area contributed by atoms with E-state index >= 15 is 0 Å². The molecule has 0 saturated carbocycles. The third kappa shape index (κ3) is 3.54. The second kappa shape index (κ2) is 7.76. The van der Waals surface area contributed by atoms with Crippen molar-refractivity contribution in [3.63, 3.8) is 0 Å². The number of thioether (sulfide) groups is 1. The highest BCUT2D eigenvalue weighted by Gasteiger charge is 2.54. The Morgan fingerprint density at radius 3 is 2.79 bits per heavy atom. The van der Waals surface area contributed by atoms with Crippen LogP contribution in [0.15, 0.2) is 34.3 Å². The normalized spacial score (nSPS) is 22.0. The Balaban J connectivity index is 1.82. The molecule has 0 bridgehead atoms. The minimum Gasteiger partial charge on any atom is -0.477 e. The fourth-order valence-electron chi connectivity index (χ4n) is 2.90. The topological polar surface area (TPSA) is 138 Å². The quantitative estimate of drug-likeness (QED) is 0.457. The van der Waals surface area contributed by atoms with Crippen LogP contribution in [-0.2, 0) is 14.4 Å². The lowest BCUT2D eigenvalue weighted by molar-refractivity contribution is -0.150. The van der Waals surface area contributed by atoms with Crippen molar-refractivity contribution in [3.05, 3.63) is 35.0 Å². The van der Waals surface area contributed by atoms with Crippen molar-refractivity contribution >= 4 is 51.7 Å². The number of carboxylic acid groups (broad SMARTS) is 1. The standard InChI is InChI=1S/C17H19N5O4S2/c1-4-8-5-27-15-11(14(24)22(15)12(8)16(25)26)21-13(23)10(19-7(2)3)9-6-28-17(18)20-9/h4,6-7,11,15H,1,5H2,2-3H3,(H2,18,20)(H,21,23)(H,25,26)/t11-,15-/m1/s1. The Bertz CT molecular complexity index is 920. The number of β-lactam (4-membered cyclic amide) rings is 1. The number of aromatic nitrogens is 1. The number of anilines is 1. The number of aliphatic imine (C=N–C) groups is 1. The van der Waals surface area contributed by atoms with Crippen molar-refractivity contribution in [2.24, 2.45) is 4.99 Å². The van der Waals surface area contributed by atoms with E-state index in [1.54, 1.807) is 5.38 Å². The van der Waals surface area contributed by atoms with Gasteiger partial charge in [0.05, 0.1) is 0 Å². The number of hydrogen-bond acceptors (Lipinski definition) is 8. The molecule has 2 aliphatic heterocycles. The maximum Gasteiger partial charge on any atom is 0.352 e. The van der Waals surface area contributed by atoms with E-state index in [1.165, 1.54) is 34.1 Å². The second-order valence-corrected chi connectivity index (χ2v) is 8.38. The predicted octanol–water partition coefficient (Wildman–Crippen LogP) is 0.847. The molecule has 1 aromatic rings. The van der Waals surface area contributed by atoms with E-state index in [9.17, 15) is 19.5 Å². The number of carboxylic acids is 1. The molecule has 28 heavy (non-hydrogen) atoms. The Labute approximate surface area is 169 Å². The summed E-state index contributed by atoms with van der Waals surface area (Å²) in [4.78, 5) is 46.6. The van der Waals surface area contributed by atoms with Gasteiger partial charge in [0.15, 0.2) is 5.13 Å². The van der Waals surface area contributed by atoms with E-state index < -0.39 is 29.2 Å². The third-order valence-electron chi connectivity index (χ3n) is 4.10. The van der Waals surface area contributed by atoms with E-state index in [4.69, 9.17) is 5.73 Å². The summed E-state index contributed by atoms with van der Waals surface area (Å²) in [5, 5.41) is 13.6. The molecule has 0 aromatic carbocycles. The number of nitrogens with zero attached hydrogens (tertiary/aromatic N) is 3. The molecular formula is C17H19N5O4S2. The smallest absolute Gasteiger partial charge is 0.352 e. The van der Waals surface area contributed by atoms with Crippen molar-refractivity contribution in [1.29, 1.82) is 0 Å². The number of nitrogens with one attached hydrogen (secondary N) is 1. The van der Waals surface area contributed by atoms with Crippen LogP contribution in [0.3, 0.4) is 0 Å². The molecule has 0 radical (unpaired) electrons. The number of nitrogen functional groups attached to an aromatic ring is 1. The maximum absolute atomic E-state index is 12.8. The highest BCUT2D eigenvalue weighted by molar-refractivity contribution is 8.00. The third-order valence-corrected chi connectivity index (χ3v) is 6.08. The molecule has 0 spiro atoms. The van der Waals surface area contributed by atoms with Gasteiger partial charge in [-0.3, -0.25) is 19.5 Å². The first-order chi connectivity index (χ1) is 13.2. The van der Waals surface area contributed by atoms with Gasteiger partial charge in [-0.15, -0.1) is 23.1 Å². The molecular weight excluding hydrogens is 402 g/mol. The van der Waals surface area contributed by atoms with Gasteiger partial charge in [0.25, 0.3) is 11.8 Å². The Hall–Kier alpha value is -2.66. The van der Waals surface area contributed by atoms with Crippen LogP contribution in [0.4, 0.5) is 5.13 Å². The number of carbonyl (C=O) groups excluding carboxylic acids is 2. The average Bonchev–Trinajstić information content (AvgIpc) is 3.08. The van der Waals surface area contributed by atoms with Crippen LogP contribution in [0.5, 0.6) is 0 Å². The van der Waals surface area contributed by atoms with Crippen molar-refractivity contribution in [2.45, 2.75) is 31.3 Å². The molecule has 2 atom stereocenters. The van der Waals surface area contributed by atoms with Gasteiger partial charge >= 0.3 is 5.97 Å². The van der Waals surface area contributed by atoms with E-state index in [2.05, 4.69) is 21.9 Å². The van der Waals surface area contributed by atoms with Crippen LogP contribution in [-0.4, -0.2) is 61.7 Å². The maximum atomic E-state index is 12.8. The monoisotopic (exact) mass is 421 g/mol. The summed E-state index contributed by atoms with van der Waals surface area (Å²) < 4.78 is 0. The fourth-order valence-corrected chi connectivity index (χ4v) is 4.79. The first-order valence-corrected chi connectivity index (χ1v) is 10.3. The lowest BCUT2D eigenvalue weighted by Crippen LogP contribution is -2.71. The molecule has 2 aliphatic rings. The van der Waals surface area contributed by atoms with Crippen LogP contribution in [0, 0.1) is 0 Å². The summed E-state index contributed by atoms with van der Waals surface area (Å²) in [5.41, 5.74) is 6.48. The van der Waals surface area contributed by atoms with Gasteiger partial charge in [-0.25, -0.2) is 9.78 Å². The van der Waals surface area contributed by atoms with Gasteiger partial charge in [0, 0.05) is 17.2 Å². The SMILES string of the molecule is C=CC1=C(C(=O)O)N2C(=O)[C@@H](NC(=O)C(=NC(C)C)c3csc(N)n3)[C@H]2SC1. The fraction of sp³-hybridized carbons (Fsp3) is 0.353. The molecule has 2 amide bonds. The summed E-state index contributed by atoms with van der Waals surface area (Å²) in [6.07, 6.45) is 1.44. The van der Waals surface area contributed by atoms with Gasteiger partial charge in [-0.2, -0.15) is 0 Å². The molecule has 0 unspecified atom stereocenters. The molecule has 11 heteroatoms. The van der Waals surface area contributed by atoms with Gasteiger partial charge in [-0.1, -0.05) is 12.7 Å². The van der Waals surface area contributed by atoms with E-state index in [-0.39, 0.29) is 17.5 Å². The number of fused-ring (bicyclic) bond motifs is 1. The number of thiazole rings is 1. The number of rotatable bonds is 6. The first-order valence-electron chi connectivity index (χ1n) is 8.38. The molecule has 4 N–H and O–H groups in total. The van der Waals surface area contributed by atoms with E-state index in [1.807, 2.05) is 13.8 Å². The van der Waals surface area contributed by atoms with Crippen LogP contribution in [0.25, 0.3) is 0 Å². The van der Waals surface area contributed by atoms with E-state index in [0.717, 1.165) is 0 Å². The summed E-state index contributed by atoms with van der Waals surface area (Å²) in [6, 6.07) is -1.01. The van der Waals surface area contributed by atoms with Gasteiger partial charge in [-0.05, 0) is 19.4 Å². The molecule has 148 valence electrons. The van der Waals surface area contributed by atoms with Crippen molar-refractivity contribution in [2.75, 3.05) is 11.5 Å². The zero-order chi connectivity index (χ0) is 20.6. The van der Waals surface area contributed by atoms with Crippen LogP contribution in [0.1, 0.15) is 19.5 Å². The summed E-state index contributed by atoms with van der Waals surface area (Å²) in [5.74, 6) is -1.84. The zero-order valence-corrected chi connectivity index (χ0v) is 16.8. The number of hydrogen-bond donors (Lipinski definition) is 3. The largest absolute Gasteiger partial charge is 0.477 e. The van der Waals surface area contributed by atoms with Gasteiger partial charge in [0.2, 0.25) is 0 Å². The van der Waals surface area contributed by atoms with E-state index in [0.29, 0.717) is 22.2 Å². The van der Waals surface area contributed by atoms with Crippen LogP contribution < -0.4 is 11.1 Å². The molecule has 1 saturated heterocycles.